The molecule has 0 spiro atoms. The number of benzene rings is 1. The van der Waals surface area contributed by atoms with E-state index in [1.807, 2.05) is 0 Å². The van der Waals surface area contributed by atoms with Gasteiger partial charge in [0.25, 0.3) is 5.70 Å². The Bertz CT molecular complexity index is 927. The van der Waals surface area contributed by atoms with Crippen molar-refractivity contribution in [2.45, 2.75) is 65.2 Å². The van der Waals surface area contributed by atoms with Gasteiger partial charge in [-0.25, -0.2) is 9.18 Å². The largest absolute Gasteiger partial charge is 0.493 e. The number of unbranched alkanes of at least 4 members (excludes halogenated alkanes) is 5. The molecule has 0 aliphatic carbocycles. The number of ether oxygens (including phenoxy) is 2. The number of dihydropyridines is 1. The summed E-state index contributed by atoms with van der Waals surface area (Å²) in [6.07, 6.45) is 6.03. The number of halogens is 2. The molecule has 1 aromatic rings. The lowest BCUT2D eigenvalue weighted by Crippen LogP contribution is -2.32. The van der Waals surface area contributed by atoms with Gasteiger partial charge in [0.05, 0.1) is 29.9 Å². The van der Waals surface area contributed by atoms with Gasteiger partial charge in [-0.2, -0.15) is 4.39 Å². The number of nitrogens with zero attached hydrogens (tertiary/aromatic N) is 1. The van der Waals surface area contributed by atoms with Crippen molar-refractivity contribution in [1.29, 1.82) is 0 Å². The number of nitrogens with one attached hydrogen (secondary N) is 1. The fourth-order valence-electron chi connectivity index (χ4n) is 3.91. The Kier molecular flexibility index (Phi) is 9.16. The van der Waals surface area contributed by atoms with Gasteiger partial charge in [0.15, 0.2) is 11.6 Å². The second-order valence-electron chi connectivity index (χ2n) is 7.75. The second-order valence-corrected chi connectivity index (χ2v) is 7.75. The molecule has 0 bridgehead atoms. The maximum Gasteiger partial charge on any atom is 0.336 e. The SMILES string of the molecule is CCCCCCCCOC(=O)C1=C(C)NC(C)=C([N+](=O)[O-])C1c1ccc(F)c(F)c1OC. The van der Waals surface area contributed by atoms with Crippen LogP contribution in [0.5, 0.6) is 5.75 Å². The minimum Gasteiger partial charge on any atom is -0.493 e. The molecule has 1 atom stereocenters. The smallest absolute Gasteiger partial charge is 0.336 e. The van der Waals surface area contributed by atoms with Gasteiger partial charge >= 0.3 is 5.97 Å². The molecule has 2 rings (SSSR count). The summed E-state index contributed by atoms with van der Waals surface area (Å²) in [5.74, 6) is -4.95. The molecule has 0 saturated heterocycles. The van der Waals surface area contributed by atoms with Gasteiger partial charge in [0.2, 0.25) is 5.82 Å². The highest BCUT2D eigenvalue weighted by atomic mass is 19.2. The second kappa shape index (κ2) is 11.6. The molecule has 9 heteroatoms. The summed E-state index contributed by atoms with van der Waals surface area (Å²) in [7, 11) is 1.14. The van der Waals surface area contributed by atoms with Crippen LogP contribution in [0.1, 0.15) is 70.8 Å². The van der Waals surface area contributed by atoms with Crippen LogP contribution in [-0.4, -0.2) is 24.6 Å². The van der Waals surface area contributed by atoms with Crippen molar-refractivity contribution in [3.8, 4) is 5.75 Å². The van der Waals surface area contributed by atoms with Crippen LogP contribution in [0.2, 0.25) is 0 Å². The van der Waals surface area contributed by atoms with E-state index in [-0.39, 0.29) is 29.1 Å². The first-order valence-corrected chi connectivity index (χ1v) is 10.8. The molecule has 1 aliphatic rings. The Labute approximate surface area is 186 Å². The van der Waals surface area contributed by atoms with E-state index in [2.05, 4.69) is 12.2 Å². The standard InChI is InChI=1S/C23H30F2N2O5/c1-5-6-7-8-9-10-13-32-23(28)18-14(2)26-15(3)21(27(29)30)19(18)16-11-12-17(24)20(25)22(16)31-4/h11-12,19,26H,5-10,13H2,1-4H3. The maximum atomic E-state index is 14.4. The van der Waals surface area contributed by atoms with Crippen molar-refractivity contribution in [1.82, 2.24) is 5.32 Å². The summed E-state index contributed by atoms with van der Waals surface area (Å²) in [6.45, 7) is 5.37. The molecule has 0 amide bonds. The Morgan fingerprint density at radius 1 is 1.12 bits per heavy atom. The van der Waals surface area contributed by atoms with Crippen molar-refractivity contribution in [2.75, 3.05) is 13.7 Å². The van der Waals surface area contributed by atoms with Gasteiger partial charge in [-0.05, 0) is 26.3 Å². The van der Waals surface area contributed by atoms with E-state index < -0.39 is 34.2 Å². The van der Waals surface area contributed by atoms with E-state index in [9.17, 15) is 23.7 Å². The summed E-state index contributed by atoms with van der Waals surface area (Å²) in [5.41, 5.74) is 0.128. The summed E-state index contributed by atoms with van der Waals surface area (Å²) < 4.78 is 38.6. The first kappa shape index (κ1) is 25.3. The number of carbonyl (C=O) groups is 1. The third-order valence-corrected chi connectivity index (χ3v) is 5.47. The van der Waals surface area contributed by atoms with Crippen LogP contribution in [0.15, 0.2) is 34.8 Å². The van der Waals surface area contributed by atoms with E-state index in [0.29, 0.717) is 12.1 Å². The van der Waals surface area contributed by atoms with Crippen LogP contribution < -0.4 is 10.1 Å². The molecule has 0 aromatic heterocycles. The average molecular weight is 452 g/mol. The highest BCUT2D eigenvalue weighted by molar-refractivity contribution is 5.92. The molecule has 7 nitrogen and oxygen atoms in total. The molecule has 0 saturated carbocycles. The molecule has 0 fully saturated rings. The van der Waals surface area contributed by atoms with Crippen LogP contribution in [0.4, 0.5) is 8.78 Å². The van der Waals surface area contributed by atoms with Gasteiger partial charge in [-0.15, -0.1) is 0 Å². The molecular formula is C23H30F2N2O5. The molecule has 176 valence electrons. The van der Waals surface area contributed by atoms with E-state index >= 15 is 0 Å². The van der Waals surface area contributed by atoms with Gasteiger partial charge in [0, 0.05) is 11.3 Å². The maximum absolute atomic E-state index is 14.4. The first-order chi connectivity index (χ1) is 15.2. The summed E-state index contributed by atoms with van der Waals surface area (Å²) >= 11 is 0. The molecule has 1 aromatic carbocycles. The third kappa shape index (κ3) is 5.63. The number of hydrogen-bond donors (Lipinski definition) is 1. The van der Waals surface area contributed by atoms with Gasteiger partial charge in [-0.1, -0.05) is 45.1 Å². The number of esters is 1. The van der Waals surface area contributed by atoms with Crippen LogP contribution in [-0.2, 0) is 9.53 Å². The van der Waals surface area contributed by atoms with Crippen molar-refractivity contribution in [3.63, 3.8) is 0 Å². The molecule has 1 N–H and O–H groups in total. The lowest BCUT2D eigenvalue weighted by molar-refractivity contribution is -0.431. The molecule has 0 radical (unpaired) electrons. The normalized spacial score (nSPS) is 16.1. The van der Waals surface area contributed by atoms with E-state index in [1.165, 1.54) is 13.0 Å². The summed E-state index contributed by atoms with van der Waals surface area (Å²) in [5, 5.41) is 14.7. The summed E-state index contributed by atoms with van der Waals surface area (Å²) in [4.78, 5) is 24.2. The average Bonchev–Trinajstić information content (AvgIpc) is 2.73. The number of hydrogen-bond acceptors (Lipinski definition) is 6. The minimum atomic E-state index is -1.28. The zero-order valence-electron chi connectivity index (χ0n) is 18.9. The predicted octanol–water partition coefficient (Wildman–Crippen LogP) is 5.35. The molecule has 32 heavy (non-hydrogen) atoms. The predicted molar refractivity (Wildman–Crippen MR) is 116 cm³/mol. The fourth-order valence-corrected chi connectivity index (χ4v) is 3.91. The molecule has 1 unspecified atom stereocenters. The van der Waals surface area contributed by atoms with Gasteiger partial charge in [-0.3, -0.25) is 10.1 Å². The van der Waals surface area contributed by atoms with Crippen LogP contribution in [0, 0.1) is 21.7 Å². The van der Waals surface area contributed by atoms with E-state index in [0.717, 1.165) is 45.3 Å². The highest BCUT2D eigenvalue weighted by Crippen LogP contribution is 2.43. The van der Waals surface area contributed by atoms with Crippen molar-refractivity contribution in [3.05, 3.63) is 62.1 Å². The number of allylic oxidation sites excluding steroid dienone is 3. The van der Waals surface area contributed by atoms with Crippen molar-refractivity contribution in [2.24, 2.45) is 0 Å². The zero-order valence-corrected chi connectivity index (χ0v) is 18.9. The van der Waals surface area contributed by atoms with E-state index in [1.54, 1.807) is 6.92 Å². The number of rotatable bonds is 11. The first-order valence-electron chi connectivity index (χ1n) is 10.8. The monoisotopic (exact) mass is 452 g/mol. The highest BCUT2D eigenvalue weighted by Gasteiger charge is 2.43. The third-order valence-electron chi connectivity index (χ3n) is 5.47. The molecule has 1 heterocycles. The number of nitro groups is 1. The van der Waals surface area contributed by atoms with Crippen LogP contribution >= 0.6 is 0 Å². The lowest BCUT2D eigenvalue weighted by Gasteiger charge is -2.27. The Morgan fingerprint density at radius 3 is 2.41 bits per heavy atom. The van der Waals surface area contributed by atoms with Gasteiger partial charge < -0.3 is 14.8 Å². The van der Waals surface area contributed by atoms with Crippen LogP contribution in [0.3, 0.4) is 0 Å². The number of methoxy groups -OCH3 is 1. The van der Waals surface area contributed by atoms with Gasteiger partial charge in [0.1, 0.15) is 5.92 Å². The van der Waals surface area contributed by atoms with Crippen molar-refractivity contribution >= 4 is 5.97 Å². The van der Waals surface area contributed by atoms with E-state index in [4.69, 9.17) is 9.47 Å². The Morgan fingerprint density at radius 2 is 1.78 bits per heavy atom. The topological polar surface area (TPSA) is 90.7 Å². The Hall–Kier alpha value is -2.97. The minimum absolute atomic E-state index is 0.0233. The zero-order chi connectivity index (χ0) is 23.8. The molecule has 1 aliphatic heterocycles. The molecular weight excluding hydrogens is 422 g/mol. The lowest BCUT2D eigenvalue weighted by atomic mass is 9.83. The van der Waals surface area contributed by atoms with Crippen LogP contribution in [0.25, 0.3) is 0 Å². The summed E-state index contributed by atoms with van der Waals surface area (Å²) in [6, 6.07) is 2.05. The number of carbonyl (C=O) groups excluding carboxylic acids is 1. The fraction of sp³-hybridized carbons (Fsp3) is 0.522. The van der Waals surface area contributed by atoms with Crippen molar-refractivity contribution < 1.29 is 28.0 Å². The Balaban J connectivity index is 2.36. The quantitative estimate of drug-likeness (QED) is 0.211.